The number of hydrogen-bond acceptors (Lipinski definition) is 2. The standard InChI is InChI=1S/C12H14F3N2O/c13-12(14,15)18-11-3-1-10(2-4-11)9-17-7-5-16-6-8-17/h1-4H,5-9H2. The van der Waals surface area contributed by atoms with Crippen molar-refractivity contribution in [2.75, 3.05) is 26.2 Å². The molecule has 2 rings (SSSR count). The van der Waals surface area contributed by atoms with E-state index in [1.54, 1.807) is 12.1 Å². The first kappa shape index (κ1) is 13.2. The van der Waals surface area contributed by atoms with E-state index in [9.17, 15) is 13.2 Å². The van der Waals surface area contributed by atoms with E-state index in [-0.39, 0.29) is 5.75 Å². The van der Waals surface area contributed by atoms with Crippen LogP contribution in [0.15, 0.2) is 24.3 Å². The van der Waals surface area contributed by atoms with E-state index >= 15 is 0 Å². The lowest BCUT2D eigenvalue weighted by atomic mass is 10.2. The van der Waals surface area contributed by atoms with Crippen molar-refractivity contribution in [3.63, 3.8) is 0 Å². The third-order valence-corrected chi connectivity index (χ3v) is 2.71. The Morgan fingerprint density at radius 3 is 2.28 bits per heavy atom. The molecule has 0 unspecified atom stereocenters. The molecule has 1 radical (unpaired) electrons. The predicted octanol–water partition coefficient (Wildman–Crippen LogP) is 2.01. The highest BCUT2D eigenvalue weighted by Crippen LogP contribution is 2.23. The van der Waals surface area contributed by atoms with Gasteiger partial charge in [0.2, 0.25) is 0 Å². The van der Waals surface area contributed by atoms with E-state index in [4.69, 9.17) is 0 Å². The SMILES string of the molecule is FC(F)(F)Oc1ccc(CN2CC[N]CC2)cc1. The second-order valence-corrected chi connectivity index (χ2v) is 4.14. The van der Waals surface area contributed by atoms with Crippen LogP contribution in [0.2, 0.25) is 0 Å². The van der Waals surface area contributed by atoms with Gasteiger partial charge in [-0.15, -0.1) is 13.2 Å². The first-order chi connectivity index (χ1) is 8.53. The average molecular weight is 259 g/mol. The number of ether oxygens (including phenoxy) is 1. The lowest BCUT2D eigenvalue weighted by Gasteiger charge is -2.26. The predicted molar refractivity (Wildman–Crippen MR) is 60.3 cm³/mol. The molecule has 99 valence electrons. The number of piperazine rings is 1. The smallest absolute Gasteiger partial charge is 0.406 e. The van der Waals surface area contributed by atoms with Crippen LogP contribution in [-0.4, -0.2) is 37.4 Å². The number of halogens is 3. The second kappa shape index (κ2) is 5.58. The molecule has 1 aliphatic rings. The fourth-order valence-electron chi connectivity index (χ4n) is 1.86. The highest BCUT2D eigenvalue weighted by atomic mass is 19.4. The molecular formula is C12H14F3N2O. The van der Waals surface area contributed by atoms with Crippen molar-refractivity contribution < 1.29 is 17.9 Å². The van der Waals surface area contributed by atoms with Crippen molar-refractivity contribution in [2.45, 2.75) is 12.9 Å². The summed E-state index contributed by atoms with van der Waals surface area (Å²) in [6.07, 6.45) is -4.63. The lowest BCUT2D eigenvalue weighted by molar-refractivity contribution is -0.274. The van der Waals surface area contributed by atoms with Gasteiger partial charge in [-0.25, -0.2) is 5.32 Å². The number of hydrogen-bond donors (Lipinski definition) is 0. The minimum absolute atomic E-state index is 0.181. The Labute approximate surface area is 104 Å². The minimum atomic E-state index is -4.63. The van der Waals surface area contributed by atoms with Gasteiger partial charge in [0.05, 0.1) is 0 Å². The fraction of sp³-hybridized carbons (Fsp3) is 0.500. The molecule has 18 heavy (non-hydrogen) atoms. The van der Waals surface area contributed by atoms with Gasteiger partial charge in [-0.2, -0.15) is 0 Å². The molecule has 1 aromatic rings. The molecule has 1 aliphatic heterocycles. The van der Waals surface area contributed by atoms with Crippen LogP contribution in [0.1, 0.15) is 5.56 Å². The van der Waals surface area contributed by atoms with Crippen molar-refractivity contribution in [1.29, 1.82) is 0 Å². The van der Waals surface area contributed by atoms with Gasteiger partial charge in [0.25, 0.3) is 0 Å². The molecule has 0 atom stereocenters. The van der Waals surface area contributed by atoms with Crippen LogP contribution in [0.3, 0.4) is 0 Å². The first-order valence-electron chi connectivity index (χ1n) is 5.73. The summed E-state index contributed by atoms with van der Waals surface area (Å²) in [5.74, 6) is -0.181. The summed E-state index contributed by atoms with van der Waals surface area (Å²) >= 11 is 0. The molecule has 1 fully saturated rings. The molecule has 0 aliphatic carbocycles. The summed E-state index contributed by atoms with van der Waals surface area (Å²) in [6.45, 7) is 4.20. The summed E-state index contributed by atoms with van der Waals surface area (Å²) in [6, 6.07) is 6.01. The van der Waals surface area contributed by atoms with Crippen molar-refractivity contribution in [1.82, 2.24) is 10.2 Å². The van der Waals surface area contributed by atoms with Gasteiger partial charge in [0.1, 0.15) is 5.75 Å². The van der Waals surface area contributed by atoms with E-state index < -0.39 is 6.36 Å². The zero-order chi connectivity index (χ0) is 13.0. The van der Waals surface area contributed by atoms with Crippen molar-refractivity contribution >= 4 is 0 Å². The van der Waals surface area contributed by atoms with Crippen LogP contribution in [0.5, 0.6) is 5.75 Å². The van der Waals surface area contributed by atoms with Gasteiger partial charge in [-0.1, -0.05) is 12.1 Å². The molecule has 0 amide bonds. The van der Waals surface area contributed by atoms with Crippen molar-refractivity contribution in [3.8, 4) is 5.75 Å². The van der Waals surface area contributed by atoms with Gasteiger partial charge in [-0.05, 0) is 17.7 Å². The zero-order valence-electron chi connectivity index (χ0n) is 9.78. The van der Waals surface area contributed by atoms with E-state index in [0.29, 0.717) is 0 Å². The van der Waals surface area contributed by atoms with Crippen LogP contribution >= 0.6 is 0 Å². The van der Waals surface area contributed by atoms with Gasteiger partial charge >= 0.3 is 6.36 Å². The van der Waals surface area contributed by atoms with Crippen LogP contribution in [0, 0.1) is 0 Å². The fourth-order valence-corrected chi connectivity index (χ4v) is 1.86. The third-order valence-electron chi connectivity index (χ3n) is 2.71. The molecule has 0 bridgehead atoms. The monoisotopic (exact) mass is 259 g/mol. The number of benzene rings is 1. The van der Waals surface area contributed by atoms with Crippen molar-refractivity contribution in [2.24, 2.45) is 0 Å². The molecule has 0 saturated carbocycles. The van der Waals surface area contributed by atoms with Crippen molar-refractivity contribution in [3.05, 3.63) is 29.8 Å². The van der Waals surface area contributed by atoms with Crippen LogP contribution in [0.4, 0.5) is 13.2 Å². The topological polar surface area (TPSA) is 26.6 Å². The van der Waals surface area contributed by atoms with E-state index in [1.807, 2.05) is 0 Å². The third kappa shape index (κ3) is 4.19. The second-order valence-electron chi connectivity index (χ2n) is 4.14. The normalized spacial score (nSPS) is 17.7. The Morgan fingerprint density at radius 1 is 1.11 bits per heavy atom. The Bertz CT molecular complexity index is 372. The molecule has 3 nitrogen and oxygen atoms in total. The largest absolute Gasteiger partial charge is 0.573 e. The molecule has 1 saturated heterocycles. The Kier molecular flexibility index (Phi) is 4.08. The van der Waals surface area contributed by atoms with E-state index in [0.717, 1.165) is 38.3 Å². The van der Waals surface area contributed by atoms with Gasteiger partial charge in [-0.3, -0.25) is 4.90 Å². The summed E-state index contributed by atoms with van der Waals surface area (Å²) in [7, 11) is 0. The van der Waals surface area contributed by atoms with Gasteiger partial charge in [0.15, 0.2) is 0 Å². The quantitative estimate of drug-likeness (QED) is 0.830. The number of nitrogens with zero attached hydrogens (tertiary/aromatic N) is 2. The Hall–Kier alpha value is -1.27. The summed E-state index contributed by atoms with van der Waals surface area (Å²) in [5, 5.41) is 4.24. The van der Waals surface area contributed by atoms with E-state index in [1.165, 1.54) is 12.1 Å². The minimum Gasteiger partial charge on any atom is -0.406 e. The Balaban J connectivity index is 1.90. The number of alkyl halides is 3. The molecule has 1 aromatic carbocycles. The lowest BCUT2D eigenvalue weighted by Crippen LogP contribution is -2.39. The molecule has 0 aromatic heterocycles. The maximum Gasteiger partial charge on any atom is 0.573 e. The van der Waals surface area contributed by atoms with Crippen LogP contribution in [-0.2, 0) is 6.54 Å². The highest BCUT2D eigenvalue weighted by Gasteiger charge is 2.30. The highest BCUT2D eigenvalue weighted by molar-refractivity contribution is 5.27. The number of rotatable bonds is 3. The van der Waals surface area contributed by atoms with Crippen LogP contribution in [0.25, 0.3) is 0 Å². The molecule has 0 spiro atoms. The Morgan fingerprint density at radius 2 is 1.72 bits per heavy atom. The maximum atomic E-state index is 12.0. The average Bonchev–Trinajstić information content (AvgIpc) is 2.31. The zero-order valence-corrected chi connectivity index (χ0v) is 9.78. The van der Waals surface area contributed by atoms with Gasteiger partial charge in [0, 0.05) is 32.7 Å². The molecular weight excluding hydrogens is 245 g/mol. The summed E-state index contributed by atoms with van der Waals surface area (Å²) in [5.41, 5.74) is 0.978. The maximum absolute atomic E-state index is 12.0. The van der Waals surface area contributed by atoms with Crippen LogP contribution < -0.4 is 10.1 Å². The molecule has 0 N–H and O–H groups in total. The van der Waals surface area contributed by atoms with Gasteiger partial charge < -0.3 is 4.74 Å². The first-order valence-corrected chi connectivity index (χ1v) is 5.73. The summed E-state index contributed by atoms with van der Waals surface area (Å²) in [4.78, 5) is 2.23. The molecule has 6 heteroatoms. The summed E-state index contributed by atoms with van der Waals surface area (Å²) < 4.78 is 39.7. The van der Waals surface area contributed by atoms with E-state index in [2.05, 4.69) is 15.0 Å². The molecule has 1 heterocycles.